The SMILES string of the molecule is Cc1ccc(S(=O)(=O)N(C)CC(=O)NCCOc2ccccc2C(C)C)cc1. The van der Waals surface area contributed by atoms with Crippen LogP contribution in [0.25, 0.3) is 0 Å². The Kier molecular flexibility index (Phi) is 7.60. The maximum Gasteiger partial charge on any atom is 0.243 e. The van der Waals surface area contributed by atoms with Gasteiger partial charge in [0.05, 0.1) is 18.0 Å². The summed E-state index contributed by atoms with van der Waals surface area (Å²) in [5.41, 5.74) is 2.08. The Morgan fingerprint density at radius 2 is 1.75 bits per heavy atom. The van der Waals surface area contributed by atoms with Crippen LogP contribution in [-0.2, 0) is 14.8 Å². The van der Waals surface area contributed by atoms with Crippen molar-refractivity contribution in [3.8, 4) is 5.75 Å². The number of hydrogen-bond donors (Lipinski definition) is 1. The summed E-state index contributed by atoms with van der Waals surface area (Å²) in [6.45, 7) is 6.42. The van der Waals surface area contributed by atoms with Crippen molar-refractivity contribution in [1.82, 2.24) is 9.62 Å². The van der Waals surface area contributed by atoms with Gasteiger partial charge in [-0.15, -0.1) is 0 Å². The van der Waals surface area contributed by atoms with Gasteiger partial charge in [0.1, 0.15) is 12.4 Å². The molecule has 28 heavy (non-hydrogen) atoms. The van der Waals surface area contributed by atoms with Gasteiger partial charge in [0.2, 0.25) is 15.9 Å². The molecule has 0 saturated heterocycles. The minimum Gasteiger partial charge on any atom is -0.491 e. The first-order chi connectivity index (χ1) is 13.2. The average molecular weight is 405 g/mol. The number of rotatable bonds is 9. The number of carbonyl (C=O) groups is 1. The maximum atomic E-state index is 12.5. The molecule has 152 valence electrons. The molecular formula is C21H28N2O4S. The number of hydrogen-bond acceptors (Lipinski definition) is 4. The fourth-order valence-electron chi connectivity index (χ4n) is 2.67. The van der Waals surface area contributed by atoms with E-state index in [1.807, 2.05) is 31.2 Å². The second kappa shape index (κ2) is 9.71. The predicted molar refractivity (Wildman–Crippen MR) is 110 cm³/mol. The summed E-state index contributed by atoms with van der Waals surface area (Å²) in [4.78, 5) is 12.3. The number of para-hydroxylation sites is 1. The summed E-state index contributed by atoms with van der Waals surface area (Å²) in [5.74, 6) is 0.760. The van der Waals surface area contributed by atoms with Gasteiger partial charge in [-0.2, -0.15) is 4.31 Å². The van der Waals surface area contributed by atoms with Crippen LogP contribution in [0.4, 0.5) is 0 Å². The van der Waals surface area contributed by atoms with E-state index in [1.165, 1.54) is 7.05 Å². The van der Waals surface area contributed by atoms with Gasteiger partial charge in [-0.05, 0) is 36.6 Å². The molecule has 0 aliphatic carbocycles. The average Bonchev–Trinajstić information content (AvgIpc) is 2.65. The molecule has 0 atom stereocenters. The zero-order valence-corrected chi connectivity index (χ0v) is 17.6. The van der Waals surface area contributed by atoms with Crippen molar-refractivity contribution < 1.29 is 17.9 Å². The number of nitrogens with one attached hydrogen (secondary N) is 1. The molecule has 6 nitrogen and oxygen atoms in total. The zero-order valence-electron chi connectivity index (χ0n) is 16.8. The molecule has 0 unspecified atom stereocenters. The summed E-state index contributed by atoms with van der Waals surface area (Å²) in [6, 6.07) is 14.3. The molecule has 0 aliphatic rings. The van der Waals surface area contributed by atoms with Gasteiger partial charge in [-0.3, -0.25) is 4.79 Å². The minimum atomic E-state index is -3.70. The lowest BCUT2D eigenvalue weighted by molar-refractivity contribution is -0.121. The summed E-state index contributed by atoms with van der Waals surface area (Å²) >= 11 is 0. The number of aryl methyl sites for hydroxylation is 1. The molecule has 0 spiro atoms. The fraction of sp³-hybridized carbons (Fsp3) is 0.381. The topological polar surface area (TPSA) is 75.7 Å². The summed E-state index contributed by atoms with van der Waals surface area (Å²) < 4.78 is 31.8. The van der Waals surface area contributed by atoms with E-state index in [0.29, 0.717) is 19.1 Å². The van der Waals surface area contributed by atoms with Crippen molar-refractivity contribution in [2.24, 2.45) is 0 Å². The van der Waals surface area contributed by atoms with Crippen LogP contribution < -0.4 is 10.1 Å². The molecule has 0 aliphatic heterocycles. The van der Waals surface area contributed by atoms with Crippen LogP contribution in [0.3, 0.4) is 0 Å². The molecule has 1 amide bonds. The summed E-state index contributed by atoms with van der Waals surface area (Å²) in [5, 5.41) is 2.70. The van der Waals surface area contributed by atoms with Crippen molar-refractivity contribution in [1.29, 1.82) is 0 Å². The molecule has 0 saturated carbocycles. The number of amides is 1. The predicted octanol–water partition coefficient (Wildman–Crippen LogP) is 2.93. The normalized spacial score (nSPS) is 11.6. The minimum absolute atomic E-state index is 0.169. The van der Waals surface area contributed by atoms with Crippen LogP contribution in [0.2, 0.25) is 0 Å². The quantitative estimate of drug-likeness (QED) is 0.652. The van der Waals surface area contributed by atoms with E-state index >= 15 is 0 Å². The number of ether oxygens (including phenoxy) is 1. The van der Waals surface area contributed by atoms with Crippen LogP contribution in [0.1, 0.15) is 30.9 Å². The first-order valence-electron chi connectivity index (χ1n) is 9.23. The molecule has 0 fully saturated rings. The van der Waals surface area contributed by atoms with Gasteiger partial charge in [0, 0.05) is 7.05 Å². The van der Waals surface area contributed by atoms with E-state index < -0.39 is 10.0 Å². The van der Waals surface area contributed by atoms with Gasteiger partial charge >= 0.3 is 0 Å². The van der Waals surface area contributed by atoms with Crippen LogP contribution >= 0.6 is 0 Å². The number of nitrogens with zero attached hydrogens (tertiary/aromatic N) is 1. The Balaban J connectivity index is 1.83. The zero-order chi connectivity index (χ0) is 20.7. The molecule has 2 aromatic rings. The van der Waals surface area contributed by atoms with Crippen LogP contribution in [0.5, 0.6) is 5.75 Å². The van der Waals surface area contributed by atoms with Gasteiger partial charge in [-0.25, -0.2) is 8.42 Å². The van der Waals surface area contributed by atoms with Crippen molar-refractivity contribution in [3.05, 3.63) is 59.7 Å². The van der Waals surface area contributed by atoms with Crippen LogP contribution in [0, 0.1) is 6.92 Å². The molecule has 0 bridgehead atoms. The van der Waals surface area contributed by atoms with E-state index in [-0.39, 0.29) is 17.3 Å². The Labute approximate surface area is 167 Å². The first-order valence-corrected chi connectivity index (χ1v) is 10.7. The van der Waals surface area contributed by atoms with Gasteiger partial charge in [0.15, 0.2) is 0 Å². The number of sulfonamides is 1. The van der Waals surface area contributed by atoms with E-state index in [1.54, 1.807) is 24.3 Å². The number of benzene rings is 2. The Morgan fingerprint density at radius 3 is 2.39 bits per heavy atom. The first kappa shape index (κ1) is 21.9. The lowest BCUT2D eigenvalue weighted by atomic mass is 10.0. The third kappa shape index (κ3) is 5.81. The third-order valence-electron chi connectivity index (χ3n) is 4.32. The Bertz CT molecular complexity index is 893. The molecule has 0 heterocycles. The van der Waals surface area contributed by atoms with Gasteiger partial charge < -0.3 is 10.1 Å². The Morgan fingerprint density at radius 1 is 1.11 bits per heavy atom. The van der Waals surface area contributed by atoms with Crippen molar-refractivity contribution in [2.45, 2.75) is 31.6 Å². The van der Waals surface area contributed by atoms with Crippen molar-refractivity contribution in [3.63, 3.8) is 0 Å². The standard InChI is InChI=1S/C21H28N2O4S/c1-16(2)19-7-5-6-8-20(19)27-14-13-22-21(24)15-23(4)28(25,26)18-11-9-17(3)10-12-18/h5-12,16H,13-15H2,1-4H3,(H,22,24). The molecule has 0 aromatic heterocycles. The van der Waals surface area contributed by atoms with Crippen molar-refractivity contribution in [2.75, 3.05) is 26.7 Å². The van der Waals surface area contributed by atoms with Crippen LogP contribution in [-0.4, -0.2) is 45.4 Å². The maximum absolute atomic E-state index is 12.5. The Hall–Kier alpha value is -2.38. The number of likely N-dealkylation sites (N-methyl/N-ethyl adjacent to an activating group) is 1. The summed E-state index contributed by atoms with van der Waals surface area (Å²) in [6.07, 6.45) is 0. The van der Waals surface area contributed by atoms with E-state index in [0.717, 1.165) is 21.2 Å². The van der Waals surface area contributed by atoms with Gasteiger partial charge in [-0.1, -0.05) is 49.7 Å². The highest BCUT2D eigenvalue weighted by Gasteiger charge is 2.22. The highest BCUT2D eigenvalue weighted by Crippen LogP contribution is 2.25. The highest BCUT2D eigenvalue weighted by atomic mass is 32.2. The largest absolute Gasteiger partial charge is 0.491 e. The second-order valence-electron chi connectivity index (χ2n) is 6.97. The molecule has 2 rings (SSSR count). The monoisotopic (exact) mass is 404 g/mol. The van der Waals surface area contributed by atoms with E-state index in [4.69, 9.17) is 4.74 Å². The highest BCUT2D eigenvalue weighted by molar-refractivity contribution is 7.89. The lowest BCUT2D eigenvalue weighted by Crippen LogP contribution is -2.39. The van der Waals surface area contributed by atoms with Gasteiger partial charge in [0.25, 0.3) is 0 Å². The number of carbonyl (C=O) groups excluding carboxylic acids is 1. The molecular weight excluding hydrogens is 376 g/mol. The van der Waals surface area contributed by atoms with Crippen LogP contribution in [0.15, 0.2) is 53.4 Å². The fourth-order valence-corrected chi connectivity index (χ4v) is 3.80. The lowest BCUT2D eigenvalue weighted by Gasteiger charge is -2.17. The third-order valence-corrected chi connectivity index (χ3v) is 6.14. The smallest absolute Gasteiger partial charge is 0.243 e. The molecule has 1 N–H and O–H groups in total. The van der Waals surface area contributed by atoms with E-state index in [9.17, 15) is 13.2 Å². The molecule has 7 heteroatoms. The van der Waals surface area contributed by atoms with E-state index in [2.05, 4.69) is 19.2 Å². The second-order valence-corrected chi connectivity index (χ2v) is 9.01. The van der Waals surface area contributed by atoms with Crippen molar-refractivity contribution >= 4 is 15.9 Å². The summed E-state index contributed by atoms with van der Waals surface area (Å²) in [7, 11) is -2.31. The molecule has 2 aromatic carbocycles. The molecule has 0 radical (unpaired) electrons.